The molecule has 1 amide bonds. The van der Waals surface area contributed by atoms with Gasteiger partial charge in [-0.25, -0.2) is 0 Å². The van der Waals surface area contributed by atoms with Crippen LogP contribution < -0.4 is 15.5 Å². The van der Waals surface area contributed by atoms with Gasteiger partial charge < -0.3 is 15.5 Å². The Bertz CT molecular complexity index is 834. The van der Waals surface area contributed by atoms with E-state index in [1.165, 1.54) is 5.56 Å². The third kappa shape index (κ3) is 4.86. The topological polar surface area (TPSA) is 44.4 Å². The van der Waals surface area contributed by atoms with Crippen LogP contribution in [0.1, 0.15) is 5.56 Å². The molecule has 0 heterocycles. The zero-order chi connectivity index (χ0) is 18.2. The van der Waals surface area contributed by atoms with Crippen molar-refractivity contribution in [2.24, 2.45) is 0 Å². The summed E-state index contributed by atoms with van der Waals surface area (Å²) in [6, 6.07) is 27.8. The van der Waals surface area contributed by atoms with Gasteiger partial charge in [-0.15, -0.1) is 0 Å². The molecule has 0 aromatic heterocycles. The number of amides is 1. The SMILES string of the molecule is CN(Cc1ccccc1)c1ccccc1NCC(=O)Nc1ccccc1. The number of para-hydroxylation sites is 3. The number of nitrogens with zero attached hydrogens (tertiary/aromatic N) is 1. The van der Waals surface area contributed by atoms with Crippen LogP contribution in [-0.2, 0) is 11.3 Å². The number of benzene rings is 3. The predicted molar refractivity (Wildman–Crippen MR) is 109 cm³/mol. The number of rotatable bonds is 7. The van der Waals surface area contributed by atoms with Crippen molar-refractivity contribution in [2.75, 3.05) is 29.1 Å². The largest absolute Gasteiger partial charge is 0.374 e. The summed E-state index contributed by atoms with van der Waals surface area (Å²) in [7, 11) is 2.05. The second kappa shape index (κ2) is 8.72. The normalized spacial score (nSPS) is 10.2. The third-order valence-electron chi connectivity index (χ3n) is 4.07. The fourth-order valence-corrected chi connectivity index (χ4v) is 2.80. The van der Waals surface area contributed by atoms with Crippen LogP contribution in [0.25, 0.3) is 0 Å². The molecule has 0 atom stereocenters. The Hall–Kier alpha value is -3.27. The highest BCUT2D eigenvalue weighted by Crippen LogP contribution is 2.25. The second-order valence-corrected chi connectivity index (χ2v) is 6.13. The molecule has 0 aliphatic heterocycles. The zero-order valence-electron chi connectivity index (χ0n) is 14.9. The summed E-state index contributed by atoms with van der Waals surface area (Å²) in [6.07, 6.45) is 0. The number of carbonyl (C=O) groups is 1. The van der Waals surface area contributed by atoms with E-state index in [9.17, 15) is 4.79 Å². The minimum absolute atomic E-state index is 0.0725. The van der Waals surface area contributed by atoms with Gasteiger partial charge in [0.1, 0.15) is 0 Å². The number of carbonyl (C=O) groups excluding carboxylic acids is 1. The molecule has 26 heavy (non-hydrogen) atoms. The molecular formula is C22H23N3O. The summed E-state index contributed by atoms with van der Waals surface area (Å²) < 4.78 is 0. The Morgan fingerprint density at radius 2 is 1.46 bits per heavy atom. The van der Waals surface area contributed by atoms with Crippen molar-refractivity contribution < 1.29 is 4.79 Å². The number of hydrogen-bond donors (Lipinski definition) is 2. The van der Waals surface area contributed by atoms with Gasteiger partial charge >= 0.3 is 0 Å². The van der Waals surface area contributed by atoms with E-state index in [2.05, 4.69) is 40.8 Å². The van der Waals surface area contributed by atoms with Crippen molar-refractivity contribution in [3.05, 3.63) is 90.5 Å². The van der Waals surface area contributed by atoms with Gasteiger partial charge in [-0.2, -0.15) is 0 Å². The summed E-state index contributed by atoms with van der Waals surface area (Å²) in [5.41, 5.74) is 4.04. The molecule has 0 radical (unpaired) electrons. The first-order chi connectivity index (χ1) is 12.7. The Labute approximate surface area is 154 Å². The average molecular weight is 345 g/mol. The van der Waals surface area contributed by atoms with E-state index in [4.69, 9.17) is 0 Å². The van der Waals surface area contributed by atoms with E-state index in [-0.39, 0.29) is 12.5 Å². The molecule has 0 saturated heterocycles. The molecule has 0 saturated carbocycles. The molecule has 0 aliphatic rings. The van der Waals surface area contributed by atoms with E-state index < -0.39 is 0 Å². The molecule has 4 heteroatoms. The summed E-state index contributed by atoms with van der Waals surface area (Å²) in [5.74, 6) is -0.0725. The van der Waals surface area contributed by atoms with Crippen LogP contribution >= 0.6 is 0 Å². The lowest BCUT2D eigenvalue weighted by Gasteiger charge is -2.23. The van der Waals surface area contributed by atoms with Gasteiger partial charge in [0, 0.05) is 19.3 Å². The first-order valence-electron chi connectivity index (χ1n) is 8.65. The first-order valence-corrected chi connectivity index (χ1v) is 8.65. The van der Waals surface area contributed by atoms with Crippen molar-refractivity contribution in [3.8, 4) is 0 Å². The summed E-state index contributed by atoms with van der Waals surface area (Å²) in [6.45, 7) is 1.01. The van der Waals surface area contributed by atoms with Crippen molar-refractivity contribution in [1.29, 1.82) is 0 Å². The van der Waals surface area contributed by atoms with Crippen LogP contribution in [0.15, 0.2) is 84.9 Å². The van der Waals surface area contributed by atoms with Gasteiger partial charge in [-0.3, -0.25) is 4.79 Å². The Morgan fingerprint density at radius 3 is 2.19 bits per heavy atom. The molecule has 4 nitrogen and oxygen atoms in total. The lowest BCUT2D eigenvalue weighted by Crippen LogP contribution is -2.23. The maximum Gasteiger partial charge on any atom is 0.243 e. The van der Waals surface area contributed by atoms with E-state index in [1.54, 1.807) is 0 Å². The molecule has 0 fully saturated rings. The van der Waals surface area contributed by atoms with Crippen LogP contribution in [0.3, 0.4) is 0 Å². The highest BCUT2D eigenvalue weighted by atomic mass is 16.1. The predicted octanol–water partition coefficient (Wildman–Crippen LogP) is 4.37. The van der Waals surface area contributed by atoms with Crippen molar-refractivity contribution in [1.82, 2.24) is 0 Å². The second-order valence-electron chi connectivity index (χ2n) is 6.13. The molecular weight excluding hydrogens is 322 g/mol. The fourth-order valence-electron chi connectivity index (χ4n) is 2.80. The standard InChI is InChI=1S/C22H23N3O/c1-25(17-18-10-4-2-5-11-18)21-15-9-8-14-20(21)23-16-22(26)24-19-12-6-3-7-13-19/h2-15,23H,16-17H2,1H3,(H,24,26). The van der Waals surface area contributed by atoms with Gasteiger partial charge in [-0.05, 0) is 29.8 Å². The van der Waals surface area contributed by atoms with Gasteiger partial charge in [0.15, 0.2) is 0 Å². The smallest absolute Gasteiger partial charge is 0.243 e. The van der Waals surface area contributed by atoms with Gasteiger partial charge in [0.05, 0.1) is 17.9 Å². The number of nitrogens with one attached hydrogen (secondary N) is 2. The van der Waals surface area contributed by atoms with E-state index in [0.29, 0.717) is 0 Å². The molecule has 0 spiro atoms. The highest BCUT2D eigenvalue weighted by molar-refractivity contribution is 5.94. The summed E-state index contributed by atoms with van der Waals surface area (Å²) in [4.78, 5) is 14.3. The van der Waals surface area contributed by atoms with Gasteiger partial charge in [-0.1, -0.05) is 60.7 Å². The van der Waals surface area contributed by atoms with Crippen molar-refractivity contribution in [3.63, 3.8) is 0 Å². The first kappa shape index (κ1) is 17.5. The molecule has 0 bridgehead atoms. The zero-order valence-corrected chi connectivity index (χ0v) is 14.9. The third-order valence-corrected chi connectivity index (χ3v) is 4.07. The molecule has 0 aliphatic carbocycles. The lowest BCUT2D eigenvalue weighted by atomic mass is 10.2. The maximum atomic E-state index is 12.2. The van der Waals surface area contributed by atoms with E-state index >= 15 is 0 Å². The molecule has 3 aromatic rings. The number of anilines is 3. The van der Waals surface area contributed by atoms with Crippen LogP contribution in [0.2, 0.25) is 0 Å². The van der Waals surface area contributed by atoms with Gasteiger partial charge in [0.2, 0.25) is 5.91 Å². The molecule has 3 aromatic carbocycles. The highest BCUT2D eigenvalue weighted by Gasteiger charge is 2.09. The molecule has 0 unspecified atom stereocenters. The maximum absolute atomic E-state index is 12.2. The molecule has 2 N–H and O–H groups in total. The molecule has 132 valence electrons. The van der Waals surface area contributed by atoms with Crippen LogP contribution in [-0.4, -0.2) is 19.5 Å². The van der Waals surface area contributed by atoms with Crippen molar-refractivity contribution in [2.45, 2.75) is 6.54 Å². The fraction of sp³-hybridized carbons (Fsp3) is 0.136. The average Bonchev–Trinajstić information content (AvgIpc) is 2.68. The van der Waals surface area contributed by atoms with Crippen molar-refractivity contribution >= 4 is 23.0 Å². The van der Waals surface area contributed by atoms with Crippen LogP contribution in [0, 0.1) is 0 Å². The summed E-state index contributed by atoms with van der Waals surface area (Å²) >= 11 is 0. The minimum Gasteiger partial charge on any atom is -0.374 e. The summed E-state index contributed by atoms with van der Waals surface area (Å²) in [5, 5.41) is 6.13. The lowest BCUT2D eigenvalue weighted by molar-refractivity contribution is -0.114. The van der Waals surface area contributed by atoms with E-state index in [1.807, 2.05) is 66.7 Å². The Kier molecular flexibility index (Phi) is 5.88. The van der Waals surface area contributed by atoms with E-state index in [0.717, 1.165) is 23.6 Å². The Balaban J connectivity index is 1.62. The Morgan fingerprint density at radius 1 is 0.846 bits per heavy atom. The van der Waals surface area contributed by atoms with Crippen LogP contribution in [0.5, 0.6) is 0 Å². The van der Waals surface area contributed by atoms with Gasteiger partial charge in [0.25, 0.3) is 0 Å². The molecule has 3 rings (SSSR count). The minimum atomic E-state index is -0.0725. The van der Waals surface area contributed by atoms with Crippen LogP contribution in [0.4, 0.5) is 17.1 Å². The monoisotopic (exact) mass is 345 g/mol. The number of hydrogen-bond acceptors (Lipinski definition) is 3. The quantitative estimate of drug-likeness (QED) is 0.668.